The van der Waals surface area contributed by atoms with Crippen LogP contribution in [-0.4, -0.2) is 51.3 Å². The number of hydrogen-bond donors (Lipinski definition) is 2. The maximum atomic E-state index is 12.0. The molecule has 0 fully saturated rings. The molecule has 0 radical (unpaired) electrons. The van der Waals surface area contributed by atoms with Crippen LogP contribution in [-0.2, 0) is 4.74 Å². The van der Waals surface area contributed by atoms with Crippen molar-refractivity contribution in [1.82, 2.24) is 4.90 Å². The van der Waals surface area contributed by atoms with E-state index in [9.17, 15) is 9.59 Å². The first-order chi connectivity index (χ1) is 27.0. The van der Waals surface area contributed by atoms with Crippen LogP contribution in [0.3, 0.4) is 0 Å². The maximum Gasteiger partial charge on any atom is 0.253 e. The molecule has 6 nitrogen and oxygen atoms in total. The summed E-state index contributed by atoms with van der Waals surface area (Å²) in [5.41, 5.74) is 0.108. The quantitative estimate of drug-likeness (QED) is 0.0508. The second-order valence-corrected chi connectivity index (χ2v) is 17.3. The molecule has 0 heterocycles. The molecular weight excluding hydrogens is 679 g/mol. The van der Waals surface area contributed by atoms with Gasteiger partial charge in [-0.3, -0.25) is 9.59 Å². The topological polar surface area (TPSA) is 70.7 Å². The summed E-state index contributed by atoms with van der Waals surface area (Å²) in [5, 5.41) is 6.09. The molecule has 2 N–H and O–H groups in total. The van der Waals surface area contributed by atoms with Crippen LogP contribution in [0.4, 0.5) is 11.4 Å². The Morgan fingerprint density at radius 2 is 0.855 bits per heavy atom. The Bertz CT molecular complexity index is 1010. The van der Waals surface area contributed by atoms with Gasteiger partial charge >= 0.3 is 0 Å². The van der Waals surface area contributed by atoms with Crippen molar-refractivity contribution in [3.63, 3.8) is 0 Å². The third-order valence-corrected chi connectivity index (χ3v) is 12.3. The molecule has 1 aromatic carbocycles. The van der Waals surface area contributed by atoms with Gasteiger partial charge in [-0.15, -0.1) is 0 Å². The van der Waals surface area contributed by atoms with E-state index in [0.29, 0.717) is 17.9 Å². The molecule has 324 valence electrons. The average Bonchev–Trinajstić information content (AvgIpc) is 3.20. The van der Waals surface area contributed by atoms with Crippen LogP contribution in [0.2, 0.25) is 0 Å². The summed E-state index contributed by atoms with van der Waals surface area (Å²) in [6.07, 6.45) is 43.7. The minimum absolute atomic E-state index is 0.387. The predicted octanol–water partition coefficient (Wildman–Crippen LogP) is 13.8. The second kappa shape index (κ2) is 38.1. The zero-order chi connectivity index (χ0) is 40.0. The Kier molecular flexibility index (Phi) is 35.8. The molecule has 0 aromatic heterocycles. The van der Waals surface area contributed by atoms with Crippen molar-refractivity contribution < 1.29 is 4.74 Å². The van der Waals surface area contributed by atoms with Crippen LogP contribution in [0, 0.1) is 11.8 Å². The summed E-state index contributed by atoms with van der Waals surface area (Å²) >= 11 is 0. The summed E-state index contributed by atoms with van der Waals surface area (Å²) in [4.78, 5) is 26.4. The number of hydrogen-bond acceptors (Lipinski definition) is 6. The highest BCUT2D eigenvalue weighted by molar-refractivity contribution is 5.73. The van der Waals surface area contributed by atoms with E-state index in [1.54, 1.807) is 7.05 Å². The van der Waals surface area contributed by atoms with Crippen molar-refractivity contribution in [2.24, 2.45) is 11.8 Å². The van der Waals surface area contributed by atoms with Gasteiger partial charge in [0.1, 0.15) is 11.4 Å². The molecule has 1 atom stereocenters. The van der Waals surface area contributed by atoms with Gasteiger partial charge in [0.15, 0.2) is 0 Å². The molecule has 0 saturated heterocycles. The highest BCUT2D eigenvalue weighted by Crippen LogP contribution is 2.25. The summed E-state index contributed by atoms with van der Waals surface area (Å²) in [7, 11) is 1.70. The molecule has 0 saturated carbocycles. The maximum absolute atomic E-state index is 12.0. The van der Waals surface area contributed by atoms with Crippen LogP contribution in [0.1, 0.15) is 233 Å². The molecule has 1 unspecified atom stereocenters. The minimum Gasteiger partial charge on any atom is -0.383 e. The normalized spacial score (nSPS) is 12.4. The standard InChI is InChI=1S/C49H95N3O3/c1-6-10-13-16-20-25-33-44(9-4)37-30-42-55-43-32-41-52(40-31-38-51-47-46(50-5)48(53)49(47)54)39-29-24-19-23-28-36-45(34-26-21-17-14-11-7-2)35-27-22-18-15-12-8-3/h44-45,50-51H,6-43H2,1-5H3. The monoisotopic (exact) mass is 774 g/mol. The third kappa shape index (κ3) is 27.8. The van der Waals surface area contributed by atoms with E-state index in [2.05, 4.69) is 43.2 Å². The molecule has 0 spiro atoms. The van der Waals surface area contributed by atoms with Gasteiger partial charge in [0, 0.05) is 33.4 Å². The Labute approximate surface area is 342 Å². The molecule has 0 bridgehead atoms. The van der Waals surface area contributed by atoms with Crippen LogP contribution < -0.4 is 21.5 Å². The first-order valence-corrected chi connectivity index (χ1v) is 24.6. The average molecular weight is 774 g/mol. The number of ether oxygens (including phenoxy) is 1. The van der Waals surface area contributed by atoms with Crippen LogP contribution >= 0.6 is 0 Å². The summed E-state index contributed by atoms with van der Waals surface area (Å²) in [6, 6.07) is 0. The molecule has 0 aliphatic heterocycles. The Morgan fingerprint density at radius 3 is 1.36 bits per heavy atom. The van der Waals surface area contributed by atoms with E-state index < -0.39 is 5.43 Å². The lowest BCUT2D eigenvalue weighted by molar-refractivity contribution is 0.113. The largest absolute Gasteiger partial charge is 0.383 e. The van der Waals surface area contributed by atoms with Gasteiger partial charge in [0.25, 0.3) is 10.9 Å². The van der Waals surface area contributed by atoms with E-state index in [0.717, 1.165) is 57.5 Å². The van der Waals surface area contributed by atoms with Crippen LogP contribution in [0.5, 0.6) is 0 Å². The number of anilines is 2. The predicted molar refractivity (Wildman–Crippen MR) is 244 cm³/mol. The lowest BCUT2D eigenvalue weighted by Crippen LogP contribution is -2.37. The highest BCUT2D eigenvalue weighted by atomic mass is 16.5. The number of nitrogens with zero attached hydrogens (tertiary/aromatic N) is 1. The first-order valence-electron chi connectivity index (χ1n) is 24.6. The second-order valence-electron chi connectivity index (χ2n) is 17.3. The smallest absolute Gasteiger partial charge is 0.253 e. The Hall–Kier alpha value is -1.40. The molecule has 0 aliphatic rings. The zero-order valence-corrected chi connectivity index (χ0v) is 37.7. The van der Waals surface area contributed by atoms with Gasteiger partial charge in [-0.25, -0.2) is 0 Å². The van der Waals surface area contributed by atoms with Crippen molar-refractivity contribution in [1.29, 1.82) is 0 Å². The molecule has 1 aromatic rings. The van der Waals surface area contributed by atoms with Crippen LogP contribution in [0.25, 0.3) is 0 Å². The number of unbranched alkanes of at least 4 members (excludes halogenated alkanes) is 19. The zero-order valence-electron chi connectivity index (χ0n) is 37.7. The lowest BCUT2D eigenvalue weighted by Gasteiger charge is -2.23. The molecule has 6 heteroatoms. The van der Waals surface area contributed by atoms with Crippen molar-refractivity contribution in [3.05, 3.63) is 20.4 Å². The number of nitrogens with one attached hydrogen (secondary N) is 2. The molecule has 0 aliphatic carbocycles. The highest BCUT2D eigenvalue weighted by Gasteiger charge is 2.19. The number of rotatable bonds is 44. The molecule has 55 heavy (non-hydrogen) atoms. The Morgan fingerprint density at radius 1 is 0.455 bits per heavy atom. The van der Waals surface area contributed by atoms with Gasteiger partial charge in [0.2, 0.25) is 0 Å². The van der Waals surface area contributed by atoms with Gasteiger partial charge in [-0.1, -0.05) is 201 Å². The van der Waals surface area contributed by atoms with Crippen molar-refractivity contribution in [2.45, 2.75) is 233 Å². The van der Waals surface area contributed by atoms with Crippen molar-refractivity contribution in [3.8, 4) is 0 Å². The van der Waals surface area contributed by atoms with E-state index in [1.165, 1.54) is 193 Å². The Balaban J connectivity index is 2.40. The first kappa shape index (κ1) is 51.6. The van der Waals surface area contributed by atoms with E-state index >= 15 is 0 Å². The van der Waals surface area contributed by atoms with Crippen LogP contribution in [0.15, 0.2) is 9.59 Å². The fraction of sp³-hybridized carbons (Fsp3) is 0.918. The minimum atomic E-state index is -0.402. The fourth-order valence-electron chi connectivity index (χ4n) is 8.54. The molecule has 0 amide bonds. The molecule has 1 rings (SSSR count). The fourth-order valence-corrected chi connectivity index (χ4v) is 8.54. The third-order valence-electron chi connectivity index (χ3n) is 12.3. The van der Waals surface area contributed by atoms with Gasteiger partial charge in [-0.2, -0.15) is 0 Å². The SMILES string of the molecule is CCCCCCCCC(CC)CCCOCCCN(CCCCCCCC(CCCCCCCC)CCCCCCCC)CCCNc1c(NC)c(=O)c1=O. The van der Waals surface area contributed by atoms with Crippen molar-refractivity contribution >= 4 is 11.4 Å². The van der Waals surface area contributed by atoms with Gasteiger partial charge < -0.3 is 20.3 Å². The van der Waals surface area contributed by atoms with E-state index in [4.69, 9.17) is 4.74 Å². The molecular formula is C49H95N3O3. The van der Waals surface area contributed by atoms with Gasteiger partial charge in [0.05, 0.1) is 0 Å². The summed E-state index contributed by atoms with van der Waals surface area (Å²) in [5.74, 6) is 1.82. The summed E-state index contributed by atoms with van der Waals surface area (Å²) in [6.45, 7) is 14.9. The van der Waals surface area contributed by atoms with E-state index in [-0.39, 0.29) is 5.43 Å². The van der Waals surface area contributed by atoms with Gasteiger partial charge in [-0.05, 0) is 57.0 Å². The van der Waals surface area contributed by atoms with E-state index in [1.807, 2.05) is 0 Å². The lowest BCUT2D eigenvalue weighted by atomic mass is 9.89. The summed E-state index contributed by atoms with van der Waals surface area (Å²) < 4.78 is 6.13. The van der Waals surface area contributed by atoms with Crippen molar-refractivity contribution in [2.75, 3.05) is 57.1 Å².